The van der Waals surface area contributed by atoms with E-state index in [2.05, 4.69) is 16.4 Å². The summed E-state index contributed by atoms with van der Waals surface area (Å²) in [6, 6.07) is 8.67. The van der Waals surface area contributed by atoms with E-state index in [0.717, 1.165) is 12.2 Å². The Morgan fingerprint density at radius 3 is 2.86 bits per heavy atom. The van der Waals surface area contributed by atoms with E-state index in [1.807, 2.05) is 18.2 Å². The Labute approximate surface area is 82.3 Å². The summed E-state index contributed by atoms with van der Waals surface area (Å²) in [6.07, 6.45) is 1.22. The Morgan fingerprint density at radius 2 is 2.14 bits per heavy atom. The minimum absolute atomic E-state index is 0.517. The van der Waals surface area contributed by atoms with Crippen LogP contribution in [0.2, 0.25) is 0 Å². The molecule has 0 bridgehead atoms. The molecule has 0 aliphatic carbocycles. The molecule has 1 atom stereocenters. The number of nitrogens with one attached hydrogen (secondary N) is 2. The van der Waals surface area contributed by atoms with Crippen molar-refractivity contribution in [2.75, 3.05) is 12.3 Å². The Bertz CT molecular complexity index is 468. The largest absolute Gasteiger partial charge is 0.399 e. The van der Waals surface area contributed by atoms with Crippen molar-refractivity contribution in [2.45, 2.75) is 12.5 Å². The highest BCUT2D eigenvalue weighted by molar-refractivity contribution is 5.83. The molecule has 1 aromatic carbocycles. The fourth-order valence-electron chi connectivity index (χ4n) is 1.92. The predicted molar refractivity (Wildman–Crippen MR) is 58.1 cm³/mol. The van der Waals surface area contributed by atoms with Gasteiger partial charge in [-0.3, -0.25) is 0 Å². The molecule has 1 aliphatic rings. The van der Waals surface area contributed by atoms with Gasteiger partial charge in [-0.2, -0.15) is 0 Å². The fraction of sp³-hybridized carbons (Fsp3) is 0.273. The lowest BCUT2D eigenvalue weighted by Gasteiger charge is -2.26. The summed E-state index contributed by atoms with van der Waals surface area (Å²) in [4.78, 5) is 3.41. The zero-order chi connectivity index (χ0) is 9.54. The van der Waals surface area contributed by atoms with E-state index in [-0.39, 0.29) is 0 Å². The summed E-state index contributed by atoms with van der Waals surface area (Å²) < 4.78 is 0. The average molecular weight is 187 g/mol. The van der Waals surface area contributed by atoms with Gasteiger partial charge < -0.3 is 16.0 Å². The molecular weight excluding hydrogens is 174 g/mol. The Hall–Kier alpha value is -1.48. The van der Waals surface area contributed by atoms with Crippen LogP contribution in [0.4, 0.5) is 5.69 Å². The molecule has 3 rings (SSSR count). The molecule has 1 aliphatic heterocycles. The fourth-order valence-corrected chi connectivity index (χ4v) is 1.92. The van der Waals surface area contributed by atoms with Crippen molar-refractivity contribution in [3.8, 4) is 0 Å². The van der Waals surface area contributed by atoms with Gasteiger partial charge in [-0.05, 0) is 37.2 Å². The van der Waals surface area contributed by atoms with E-state index in [1.54, 1.807) is 0 Å². The smallest absolute Gasteiger partial charge is 0.0485 e. The Morgan fingerprint density at radius 1 is 1.29 bits per heavy atom. The highest BCUT2D eigenvalue weighted by Crippen LogP contribution is 2.26. The predicted octanol–water partition coefficient (Wildman–Crippen LogP) is 1.78. The maximum absolute atomic E-state index is 5.73. The van der Waals surface area contributed by atoms with Crippen LogP contribution >= 0.6 is 0 Å². The van der Waals surface area contributed by atoms with Gasteiger partial charge in [0.25, 0.3) is 0 Å². The van der Waals surface area contributed by atoms with E-state index < -0.39 is 0 Å². The lowest BCUT2D eigenvalue weighted by atomic mass is 10.0. The van der Waals surface area contributed by atoms with Gasteiger partial charge in [0.15, 0.2) is 0 Å². The number of nitrogens with two attached hydrogens (primary N) is 1. The number of hydrogen-bond acceptors (Lipinski definition) is 2. The summed E-state index contributed by atoms with van der Waals surface area (Å²) in [5.74, 6) is 0. The van der Waals surface area contributed by atoms with Crippen LogP contribution in [-0.4, -0.2) is 11.5 Å². The molecule has 0 radical (unpaired) electrons. The second-order valence-electron chi connectivity index (χ2n) is 3.87. The monoisotopic (exact) mass is 187 g/mol. The van der Waals surface area contributed by atoms with E-state index in [0.29, 0.717) is 6.04 Å². The number of H-pyrrole nitrogens is 1. The summed E-state index contributed by atoms with van der Waals surface area (Å²) >= 11 is 0. The van der Waals surface area contributed by atoms with Gasteiger partial charge in [0, 0.05) is 28.3 Å². The molecule has 3 heteroatoms. The zero-order valence-electron chi connectivity index (χ0n) is 7.88. The van der Waals surface area contributed by atoms with Crippen LogP contribution in [0.1, 0.15) is 18.2 Å². The summed E-state index contributed by atoms with van der Waals surface area (Å²) in [6.45, 7) is 1.13. The first-order valence-electron chi connectivity index (χ1n) is 4.94. The van der Waals surface area contributed by atoms with Gasteiger partial charge in [0.2, 0.25) is 0 Å². The van der Waals surface area contributed by atoms with Gasteiger partial charge in [-0.15, -0.1) is 0 Å². The first-order valence-corrected chi connectivity index (χ1v) is 4.94. The van der Waals surface area contributed by atoms with Gasteiger partial charge in [-0.25, -0.2) is 0 Å². The zero-order valence-corrected chi connectivity index (χ0v) is 7.88. The van der Waals surface area contributed by atoms with E-state index in [9.17, 15) is 0 Å². The first kappa shape index (κ1) is 7.88. The highest BCUT2D eigenvalue weighted by Gasteiger charge is 2.19. The molecule has 0 amide bonds. The number of hydrogen-bond donors (Lipinski definition) is 3. The lowest BCUT2D eigenvalue weighted by Crippen LogP contribution is -2.35. The van der Waals surface area contributed by atoms with Crippen molar-refractivity contribution in [3.05, 3.63) is 30.0 Å². The third-order valence-electron chi connectivity index (χ3n) is 2.86. The van der Waals surface area contributed by atoms with Crippen molar-refractivity contribution >= 4 is 16.6 Å². The lowest BCUT2D eigenvalue weighted by molar-refractivity contribution is 0.377. The third kappa shape index (κ3) is 1.09. The summed E-state index contributed by atoms with van der Waals surface area (Å²) in [7, 11) is 0. The standard InChI is InChI=1S/C11H13N3/c12-8-1-2-9-7(5-8)6-11(14-9)10-3-4-13-10/h1-2,5-6,10,13-14H,3-4,12H2/t10-/m0/s1. The highest BCUT2D eigenvalue weighted by atomic mass is 15.0. The molecule has 1 saturated heterocycles. The topological polar surface area (TPSA) is 53.8 Å². The molecule has 72 valence electrons. The molecule has 3 nitrogen and oxygen atoms in total. The third-order valence-corrected chi connectivity index (χ3v) is 2.86. The maximum atomic E-state index is 5.73. The Kier molecular flexibility index (Phi) is 1.55. The number of benzene rings is 1. The van der Waals surface area contributed by atoms with Gasteiger partial charge in [0.05, 0.1) is 0 Å². The Balaban J connectivity index is 2.10. The normalized spacial score (nSPS) is 21.0. The molecule has 4 N–H and O–H groups in total. The number of aromatic nitrogens is 1. The van der Waals surface area contributed by atoms with Crippen molar-refractivity contribution in [1.82, 2.24) is 10.3 Å². The molecular formula is C11H13N3. The van der Waals surface area contributed by atoms with Crippen LogP contribution in [0, 0.1) is 0 Å². The number of fused-ring (bicyclic) bond motifs is 1. The summed E-state index contributed by atoms with van der Waals surface area (Å²) in [5.41, 5.74) is 8.99. The number of anilines is 1. The van der Waals surface area contributed by atoms with Crippen LogP contribution in [0.15, 0.2) is 24.3 Å². The quantitative estimate of drug-likeness (QED) is 0.596. The second-order valence-corrected chi connectivity index (χ2v) is 3.87. The minimum Gasteiger partial charge on any atom is -0.399 e. The van der Waals surface area contributed by atoms with Crippen LogP contribution in [0.5, 0.6) is 0 Å². The molecule has 1 aromatic heterocycles. The van der Waals surface area contributed by atoms with E-state index in [4.69, 9.17) is 5.73 Å². The van der Waals surface area contributed by atoms with Crippen LogP contribution < -0.4 is 11.1 Å². The molecule has 14 heavy (non-hydrogen) atoms. The van der Waals surface area contributed by atoms with Crippen LogP contribution in [-0.2, 0) is 0 Å². The SMILES string of the molecule is Nc1ccc2[nH]c([C@@H]3CCN3)cc2c1. The summed E-state index contributed by atoms with van der Waals surface area (Å²) in [5, 5.41) is 4.58. The minimum atomic E-state index is 0.517. The maximum Gasteiger partial charge on any atom is 0.0485 e. The van der Waals surface area contributed by atoms with E-state index >= 15 is 0 Å². The van der Waals surface area contributed by atoms with Gasteiger partial charge >= 0.3 is 0 Å². The molecule has 2 aromatic rings. The van der Waals surface area contributed by atoms with Gasteiger partial charge in [-0.1, -0.05) is 0 Å². The molecule has 1 fully saturated rings. The average Bonchev–Trinajstić information content (AvgIpc) is 2.43. The number of nitrogen functional groups attached to an aromatic ring is 1. The van der Waals surface area contributed by atoms with Crippen molar-refractivity contribution in [1.29, 1.82) is 0 Å². The van der Waals surface area contributed by atoms with Crippen LogP contribution in [0.25, 0.3) is 10.9 Å². The number of aromatic amines is 1. The van der Waals surface area contributed by atoms with Gasteiger partial charge in [0.1, 0.15) is 0 Å². The molecule has 0 spiro atoms. The van der Waals surface area contributed by atoms with Crippen molar-refractivity contribution in [2.24, 2.45) is 0 Å². The van der Waals surface area contributed by atoms with Crippen molar-refractivity contribution < 1.29 is 0 Å². The molecule has 0 saturated carbocycles. The molecule has 0 unspecified atom stereocenters. The number of rotatable bonds is 1. The van der Waals surface area contributed by atoms with Crippen molar-refractivity contribution in [3.63, 3.8) is 0 Å². The van der Waals surface area contributed by atoms with E-state index in [1.165, 1.54) is 23.0 Å². The first-order chi connectivity index (χ1) is 6.83. The molecule has 2 heterocycles. The second kappa shape index (κ2) is 2.75. The van der Waals surface area contributed by atoms with Crippen LogP contribution in [0.3, 0.4) is 0 Å².